The normalized spacial score (nSPS) is 27.6. The lowest BCUT2D eigenvalue weighted by atomic mass is 9.76. The van der Waals surface area contributed by atoms with Crippen LogP contribution >= 0.6 is 0 Å². The molecule has 6 heteroatoms. The van der Waals surface area contributed by atoms with Gasteiger partial charge in [0.15, 0.2) is 5.82 Å². The minimum absolute atomic E-state index is 0.0571. The number of hydrogen-bond acceptors (Lipinski definition) is 5. The molecule has 0 spiro atoms. The molecule has 1 aliphatic carbocycles. The molecular formula is C13H20N6. The Hall–Kier alpha value is -1.69. The van der Waals surface area contributed by atoms with Gasteiger partial charge < -0.3 is 11.1 Å². The van der Waals surface area contributed by atoms with Gasteiger partial charge in [0.25, 0.3) is 0 Å². The number of anilines is 1. The number of nitrogens with one attached hydrogen (secondary N) is 1. The number of rotatable bonds is 3. The molecule has 0 aromatic carbocycles. The van der Waals surface area contributed by atoms with E-state index in [4.69, 9.17) is 5.73 Å². The molecule has 2 aromatic heterocycles. The third-order valence-corrected chi connectivity index (χ3v) is 4.08. The molecular weight excluding hydrogens is 240 g/mol. The Morgan fingerprint density at radius 3 is 3.26 bits per heavy atom. The second-order valence-electron chi connectivity index (χ2n) is 5.65. The van der Waals surface area contributed by atoms with Gasteiger partial charge in [-0.1, -0.05) is 19.8 Å². The van der Waals surface area contributed by atoms with Crippen LogP contribution in [-0.4, -0.2) is 31.7 Å². The van der Waals surface area contributed by atoms with Gasteiger partial charge in [0, 0.05) is 18.9 Å². The number of fused-ring (bicyclic) bond motifs is 1. The Kier molecular flexibility index (Phi) is 3.10. The number of nitrogens with two attached hydrogens (primary N) is 1. The maximum Gasteiger partial charge on any atom is 0.203 e. The summed E-state index contributed by atoms with van der Waals surface area (Å²) in [5.41, 5.74) is 6.74. The Morgan fingerprint density at radius 2 is 2.47 bits per heavy atom. The summed E-state index contributed by atoms with van der Waals surface area (Å²) < 4.78 is 1.87. The Bertz CT molecular complexity index is 565. The van der Waals surface area contributed by atoms with Crippen LogP contribution in [0, 0.1) is 5.92 Å². The highest BCUT2D eigenvalue weighted by atomic mass is 15.3. The second kappa shape index (κ2) is 4.77. The molecule has 2 heterocycles. The highest BCUT2D eigenvalue weighted by Gasteiger charge is 2.34. The van der Waals surface area contributed by atoms with E-state index in [2.05, 4.69) is 27.4 Å². The molecule has 2 unspecified atom stereocenters. The van der Waals surface area contributed by atoms with Crippen LogP contribution < -0.4 is 11.1 Å². The van der Waals surface area contributed by atoms with Crippen LogP contribution in [0.2, 0.25) is 0 Å². The van der Waals surface area contributed by atoms with Crippen LogP contribution in [-0.2, 0) is 0 Å². The molecule has 102 valence electrons. The van der Waals surface area contributed by atoms with E-state index < -0.39 is 0 Å². The van der Waals surface area contributed by atoms with Crippen molar-refractivity contribution < 1.29 is 0 Å². The monoisotopic (exact) mass is 260 g/mol. The number of nitrogens with zero attached hydrogens (tertiary/aromatic N) is 4. The SMILES string of the molecule is CC1CCCC(CN)(Nc2nccn3cnnc23)C1. The van der Waals surface area contributed by atoms with E-state index in [1.165, 1.54) is 12.8 Å². The van der Waals surface area contributed by atoms with Crippen molar-refractivity contribution in [3.63, 3.8) is 0 Å². The van der Waals surface area contributed by atoms with E-state index >= 15 is 0 Å². The lowest BCUT2D eigenvalue weighted by Gasteiger charge is -2.40. The third-order valence-electron chi connectivity index (χ3n) is 4.08. The molecule has 1 saturated carbocycles. The van der Waals surface area contributed by atoms with Gasteiger partial charge in [0.1, 0.15) is 6.33 Å². The van der Waals surface area contributed by atoms with E-state index in [1.54, 1.807) is 12.5 Å². The Balaban J connectivity index is 1.92. The predicted octanol–water partition coefficient (Wildman–Crippen LogP) is 1.44. The first-order valence-electron chi connectivity index (χ1n) is 6.85. The topological polar surface area (TPSA) is 81.1 Å². The average Bonchev–Trinajstić information content (AvgIpc) is 2.88. The molecule has 1 fully saturated rings. The molecule has 2 atom stereocenters. The van der Waals surface area contributed by atoms with Crippen molar-refractivity contribution in [2.45, 2.75) is 38.1 Å². The van der Waals surface area contributed by atoms with Gasteiger partial charge in [0.05, 0.1) is 5.54 Å². The standard InChI is InChI=1S/C13H20N6/c1-10-3-2-4-13(7-10,8-14)17-11-12-18-16-9-19(12)6-5-15-11/h5-6,9-10H,2-4,7-8,14H2,1H3,(H,15,17). The van der Waals surface area contributed by atoms with Gasteiger partial charge in [-0.2, -0.15) is 0 Å². The zero-order valence-electron chi connectivity index (χ0n) is 11.2. The molecule has 2 aromatic rings. The summed E-state index contributed by atoms with van der Waals surface area (Å²) in [6, 6.07) is 0. The molecule has 0 saturated heterocycles. The fraction of sp³-hybridized carbons (Fsp3) is 0.615. The van der Waals surface area contributed by atoms with E-state index in [9.17, 15) is 0 Å². The zero-order chi connectivity index (χ0) is 13.3. The molecule has 3 N–H and O–H groups in total. The first-order chi connectivity index (χ1) is 9.22. The van der Waals surface area contributed by atoms with E-state index in [1.807, 2.05) is 10.6 Å². The van der Waals surface area contributed by atoms with Gasteiger partial charge in [-0.15, -0.1) is 10.2 Å². The van der Waals surface area contributed by atoms with Crippen molar-refractivity contribution >= 4 is 11.5 Å². The van der Waals surface area contributed by atoms with Crippen molar-refractivity contribution in [3.05, 3.63) is 18.7 Å². The molecule has 0 aliphatic heterocycles. The zero-order valence-corrected chi connectivity index (χ0v) is 11.2. The minimum Gasteiger partial charge on any atom is -0.360 e. The number of hydrogen-bond donors (Lipinski definition) is 2. The summed E-state index contributed by atoms with van der Waals surface area (Å²) in [7, 11) is 0. The highest BCUT2D eigenvalue weighted by molar-refractivity contribution is 5.62. The van der Waals surface area contributed by atoms with Crippen LogP contribution in [0.5, 0.6) is 0 Å². The van der Waals surface area contributed by atoms with Crippen molar-refractivity contribution in [1.29, 1.82) is 0 Å². The first-order valence-corrected chi connectivity index (χ1v) is 6.85. The lowest BCUT2D eigenvalue weighted by Crippen LogP contribution is -2.49. The average molecular weight is 260 g/mol. The maximum atomic E-state index is 6.03. The van der Waals surface area contributed by atoms with E-state index in [0.29, 0.717) is 12.5 Å². The lowest BCUT2D eigenvalue weighted by molar-refractivity contribution is 0.263. The van der Waals surface area contributed by atoms with Crippen LogP contribution in [0.1, 0.15) is 32.6 Å². The van der Waals surface area contributed by atoms with Crippen molar-refractivity contribution in [2.24, 2.45) is 11.7 Å². The van der Waals surface area contributed by atoms with E-state index in [-0.39, 0.29) is 5.54 Å². The van der Waals surface area contributed by atoms with Gasteiger partial charge >= 0.3 is 0 Å². The van der Waals surface area contributed by atoms with Gasteiger partial charge in [-0.05, 0) is 18.8 Å². The van der Waals surface area contributed by atoms with Crippen LogP contribution in [0.15, 0.2) is 18.7 Å². The molecule has 3 rings (SSSR count). The number of aromatic nitrogens is 4. The predicted molar refractivity (Wildman–Crippen MR) is 73.8 cm³/mol. The van der Waals surface area contributed by atoms with Crippen LogP contribution in [0.3, 0.4) is 0 Å². The van der Waals surface area contributed by atoms with Crippen molar-refractivity contribution in [2.75, 3.05) is 11.9 Å². The summed E-state index contributed by atoms with van der Waals surface area (Å²) >= 11 is 0. The Morgan fingerprint density at radius 1 is 1.58 bits per heavy atom. The summed E-state index contributed by atoms with van der Waals surface area (Å²) in [6.45, 7) is 2.91. The van der Waals surface area contributed by atoms with Crippen LogP contribution in [0.4, 0.5) is 5.82 Å². The molecule has 0 amide bonds. The summed E-state index contributed by atoms with van der Waals surface area (Å²) in [6.07, 6.45) is 9.95. The third kappa shape index (κ3) is 2.28. The molecule has 6 nitrogen and oxygen atoms in total. The second-order valence-corrected chi connectivity index (χ2v) is 5.65. The van der Waals surface area contributed by atoms with E-state index in [0.717, 1.165) is 24.3 Å². The maximum absolute atomic E-state index is 6.03. The molecule has 0 bridgehead atoms. The Labute approximate surface area is 112 Å². The van der Waals surface area contributed by atoms with Gasteiger partial charge in [0.2, 0.25) is 5.65 Å². The van der Waals surface area contributed by atoms with Crippen molar-refractivity contribution in [1.82, 2.24) is 19.6 Å². The largest absolute Gasteiger partial charge is 0.360 e. The quantitative estimate of drug-likeness (QED) is 0.873. The molecule has 0 radical (unpaired) electrons. The summed E-state index contributed by atoms with van der Waals surface area (Å²) in [5.74, 6) is 1.47. The smallest absolute Gasteiger partial charge is 0.203 e. The molecule has 1 aliphatic rings. The van der Waals surface area contributed by atoms with Gasteiger partial charge in [-0.3, -0.25) is 4.40 Å². The van der Waals surface area contributed by atoms with Crippen LogP contribution in [0.25, 0.3) is 5.65 Å². The van der Waals surface area contributed by atoms with Gasteiger partial charge in [-0.25, -0.2) is 4.98 Å². The summed E-state index contributed by atoms with van der Waals surface area (Å²) in [4.78, 5) is 4.40. The fourth-order valence-electron chi connectivity index (χ4n) is 3.11. The highest BCUT2D eigenvalue weighted by Crippen LogP contribution is 2.34. The molecule has 19 heavy (non-hydrogen) atoms. The van der Waals surface area contributed by atoms with Crippen molar-refractivity contribution in [3.8, 4) is 0 Å². The fourth-order valence-corrected chi connectivity index (χ4v) is 3.11. The first kappa shape index (κ1) is 12.3. The summed E-state index contributed by atoms with van der Waals surface area (Å²) in [5, 5.41) is 11.6. The minimum atomic E-state index is -0.0571.